The number of nitrogens with zero attached hydrogens (tertiary/aromatic N) is 1. The van der Waals surface area contributed by atoms with Crippen molar-refractivity contribution >= 4 is 17.8 Å². The van der Waals surface area contributed by atoms with Crippen molar-refractivity contribution in [1.29, 1.82) is 0 Å². The summed E-state index contributed by atoms with van der Waals surface area (Å²) in [5.74, 6) is 1.04. The Balaban J connectivity index is 2.31. The van der Waals surface area contributed by atoms with Crippen molar-refractivity contribution in [3.05, 3.63) is 0 Å². The molecule has 0 aromatic rings. The van der Waals surface area contributed by atoms with Gasteiger partial charge in [-0.3, -0.25) is 0 Å². The maximum atomic E-state index is 12.0. The fraction of sp³-hybridized carbons (Fsp3) is 0.917. The maximum absolute atomic E-state index is 12.0. The van der Waals surface area contributed by atoms with Crippen molar-refractivity contribution in [2.75, 3.05) is 25.4 Å². The Kier molecular flexibility index (Phi) is 6.73. The first-order valence-corrected chi connectivity index (χ1v) is 7.50. The van der Waals surface area contributed by atoms with Crippen molar-refractivity contribution in [3.8, 4) is 0 Å². The summed E-state index contributed by atoms with van der Waals surface area (Å²) in [6, 6.07) is 0.193. The van der Waals surface area contributed by atoms with E-state index in [-0.39, 0.29) is 18.7 Å². The smallest absolute Gasteiger partial charge is 0.317 e. The second kappa shape index (κ2) is 7.82. The van der Waals surface area contributed by atoms with Crippen LogP contribution in [0.5, 0.6) is 0 Å². The lowest BCUT2D eigenvalue weighted by atomic mass is 10.2. The zero-order valence-electron chi connectivity index (χ0n) is 10.8. The summed E-state index contributed by atoms with van der Waals surface area (Å²) in [6.07, 6.45) is 2.70. The van der Waals surface area contributed by atoms with Gasteiger partial charge in [0, 0.05) is 36.7 Å². The molecule has 100 valence electrons. The van der Waals surface area contributed by atoms with Crippen LogP contribution in [0.2, 0.25) is 0 Å². The van der Waals surface area contributed by atoms with Gasteiger partial charge in [-0.25, -0.2) is 4.79 Å². The molecule has 4 nitrogen and oxygen atoms in total. The largest absolute Gasteiger partial charge is 0.396 e. The lowest BCUT2D eigenvalue weighted by molar-refractivity contribution is 0.194. The first-order valence-electron chi connectivity index (χ1n) is 6.45. The third-order valence-electron chi connectivity index (χ3n) is 3.05. The number of thioether (sulfide) groups is 1. The topological polar surface area (TPSA) is 52.6 Å². The van der Waals surface area contributed by atoms with Crippen LogP contribution in [0.1, 0.15) is 33.1 Å². The van der Waals surface area contributed by atoms with E-state index in [1.807, 2.05) is 23.6 Å². The molecule has 0 aromatic carbocycles. The van der Waals surface area contributed by atoms with Gasteiger partial charge in [0.25, 0.3) is 0 Å². The third-order valence-corrected chi connectivity index (χ3v) is 4.42. The average Bonchev–Trinajstić information content (AvgIpc) is 2.36. The van der Waals surface area contributed by atoms with E-state index in [0.29, 0.717) is 5.25 Å². The van der Waals surface area contributed by atoms with Crippen LogP contribution in [-0.4, -0.2) is 52.8 Å². The number of carbonyl (C=O) groups excluding carboxylic acids is 1. The molecule has 5 heteroatoms. The standard InChI is InChI=1S/C12H24N2O2S/c1-3-11-9-14(6-8-17-11)12(16)13-10(2)5-4-7-15/h10-11,15H,3-9H2,1-2H3,(H,13,16). The van der Waals surface area contributed by atoms with Crippen molar-refractivity contribution < 1.29 is 9.90 Å². The number of aliphatic hydroxyl groups is 1. The van der Waals surface area contributed by atoms with Crippen molar-refractivity contribution in [2.24, 2.45) is 0 Å². The second-order valence-electron chi connectivity index (χ2n) is 4.56. The van der Waals surface area contributed by atoms with Gasteiger partial charge in [0.2, 0.25) is 0 Å². The highest BCUT2D eigenvalue weighted by Crippen LogP contribution is 2.21. The third kappa shape index (κ3) is 5.17. The molecule has 1 aliphatic rings. The lowest BCUT2D eigenvalue weighted by Crippen LogP contribution is -2.49. The molecule has 2 unspecified atom stereocenters. The lowest BCUT2D eigenvalue weighted by Gasteiger charge is -2.32. The van der Waals surface area contributed by atoms with E-state index in [2.05, 4.69) is 12.2 Å². The highest BCUT2D eigenvalue weighted by Gasteiger charge is 2.23. The van der Waals surface area contributed by atoms with Crippen molar-refractivity contribution in [3.63, 3.8) is 0 Å². The summed E-state index contributed by atoms with van der Waals surface area (Å²) in [5.41, 5.74) is 0. The fourth-order valence-corrected chi connectivity index (χ4v) is 3.10. The molecule has 1 rings (SSSR count). The van der Waals surface area contributed by atoms with Crippen LogP contribution in [0.4, 0.5) is 4.79 Å². The number of hydrogen-bond donors (Lipinski definition) is 2. The van der Waals surface area contributed by atoms with Gasteiger partial charge in [-0.1, -0.05) is 6.92 Å². The molecule has 0 aliphatic carbocycles. The van der Waals surface area contributed by atoms with Gasteiger partial charge < -0.3 is 15.3 Å². The van der Waals surface area contributed by atoms with Crippen LogP contribution < -0.4 is 5.32 Å². The van der Waals surface area contributed by atoms with Crippen LogP contribution in [0, 0.1) is 0 Å². The van der Waals surface area contributed by atoms with Crippen LogP contribution in [0.15, 0.2) is 0 Å². The Morgan fingerprint density at radius 2 is 2.41 bits per heavy atom. The van der Waals surface area contributed by atoms with E-state index in [9.17, 15) is 4.79 Å². The summed E-state index contributed by atoms with van der Waals surface area (Å²) in [6.45, 7) is 6.06. The number of nitrogens with one attached hydrogen (secondary N) is 1. The summed E-state index contributed by atoms with van der Waals surface area (Å²) in [4.78, 5) is 13.9. The summed E-state index contributed by atoms with van der Waals surface area (Å²) >= 11 is 1.96. The van der Waals surface area contributed by atoms with E-state index in [1.165, 1.54) is 0 Å². The van der Waals surface area contributed by atoms with Crippen molar-refractivity contribution in [2.45, 2.75) is 44.4 Å². The molecule has 1 fully saturated rings. The summed E-state index contributed by atoms with van der Waals surface area (Å²) in [5, 5.41) is 12.3. The minimum Gasteiger partial charge on any atom is -0.396 e. The zero-order valence-corrected chi connectivity index (χ0v) is 11.6. The van der Waals surface area contributed by atoms with Crippen molar-refractivity contribution in [1.82, 2.24) is 10.2 Å². The molecule has 2 atom stereocenters. The van der Waals surface area contributed by atoms with Gasteiger partial charge in [0.05, 0.1) is 0 Å². The molecule has 0 radical (unpaired) electrons. The average molecular weight is 260 g/mol. The monoisotopic (exact) mass is 260 g/mol. The van der Waals surface area contributed by atoms with Gasteiger partial charge >= 0.3 is 6.03 Å². The Hall–Kier alpha value is -0.420. The molecule has 1 saturated heterocycles. The van der Waals surface area contributed by atoms with Gasteiger partial charge in [0.1, 0.15) is 0 Å². The molecule has 0 aromatic heterocycles. The Bertz CT molecular complexity index is 239. The fourth-order valence-electron chi connectivity index (χ4n) is 1.92. The molecule has 0 spiro atoms. The van der Waals surface area contributed by atoms with E-state index in [1.54, 1.807) is 0 Å². The molecule has 1 aliphatic heterocycles. The Morgan fingerprint density at radius 3 is 3.06 bits per heavy atom. The summed E-state index contributed by atoms with van der Waals surface area (Å²) in [7, 11) is 0. The number of carbonyl (C=O) groups is 1. The van der Waals surface area contributed by atoms with Gasteiger partial charge in [-0.05, 0) is 26.2 Å². The molecule has 2 amide bonds. The van der Waals surface area contributed by atoms with Crippen LogP contribution >= 0.6 is 11.8 Å². The van der Waals surface area contributed by atoms with Gasteiger partial charge in [0.15, 0.2) is 0 Å². The molecule has 1 heterocycles. The number of rotatable bonds is 5. The number of hydrogen-bond acceptors (Lipinski definition) is 3. The maximum Gasteiger partial charge on any atom is 0.317 e. The quantitative estimate of drug-likeness (QED) is 0.791. The van der Waals surface area contributed by atoms with Gasteiger partial charge in [-0.15, -0.1) is 0 Å². The highest BCUT2D eigenvalue weighted by atomic mass is 32.2. The minimum absolute atomic E-state index is 0.0502. The predicted octanol–water partition coefficient (Wildman–Crippen LogP) is 1.68. The minimum atomic E-state index is 0.0502. The summed E-state index contributed by atoms with van der Waals surface area (Å²) < 4.78 is 0. The first-order chi connectivity index (χ1) is 8.17. The molecule has 0 saturated carbocycles. The van der Waals surface area contributed by atoms with Gasteiger partial charge in [-0.2, -0.15) is 11.8 Å². The highest BCUT2D eigenvalue weighted by molar-refractivity contribution is 8.00. The number of urea groups is 1. The Labute approximate surface area is 108 Å². The van der Waals surface area contributed by atoms with E-state index in [4.69, 9.17) is 5.11 Å². The van der Waals surface area contributed by atoms with Crippen LogP contribution in [0.3, 0.4) is 0 Å². The molecule has 0 bridgehead atoms. The number of amides is 2. The normalized spacial score (nSPS) is 22.3. The van der Waals surface area contributed by atoms with E-state index >= 15 is 0 Å². The molecular formula is C12H24N2O2S. The molecular weight excluding hydrogens is 236 g/mol. The predicted molar refractivity (Wildman–Crippen MR) is 72.4 cm³/mol. The second-order valence-corrected chi connectivity index (χ2v) is 5.97. The number of aliphatic hydroxyl groups excluding tert-OH is 1. The molecule has 17 heavy (non-hydrogen) atoms. The van der Waals surface area contributed by atoms with Crippen LogP contribution in [-0.2, 0) is 0 Å². The zero-order chi connectivity index (χ0) is 12.7. The van der Waals surface area contributed by atoms with E-state index < -0.39 is 0 Å². The Morgan fingerprint density at radius 1 is 1.65 bits per heavy atom. The molecule has 2 N–H and O–H groups in total. The van der Waals surface area contributed by atoms with E-state index in [0.717, 1.165) is 38.1 Å². The first kappa shape index (κ1) is 14.6. The van der Waals surface area contributed by atoms with Crippen LogP contribution in [0.25, 0.3) is 0 Å². The SMILES string of the molecule is CCC1CN(C(=O)NC(C)CCCO)CCS1.